The van der Waals surface area contributed by atoms with Crippen LogP contribution in [0.1, 0.15) is 25.5 Å². The summed E-state index contributed by atoms with van der Waals surface area (Å²) < 4.78 is 5.42. The first-order chi connectivity index (χ1) is 10.1. The molecule has 0 bridgehead atoms. The first-order valence-corrected chi connectivity index (χ1v) is 8.17. The minimum atomic E-state index is -0.0643. The summed E-state index contributed by atoms with van der Waals surface area (Å²) >= 11 is 1.45. The van der Waals surface area contributed by atoms with Gasteiger partial charge in [-0.3, -0.25) is 4.79 Å². The maximum absolute atomic E-state index is 12.4. The Labute approximate surface area is 130 Å². The van der Waals surface area contributed by atoms with Crippen LogP contribution in [0.3, 0.4) is 0 Å². The lowest BCUT2D eigenvalue weighted by Gasteiger charge is -2.11. The quantitative estimate of drug-likeness (QED) is 0.302. The largest absolute Gasteiger partial charge is 0.383 e. The van der Waals surface area contributed by atoms with E-state index in [2.05, 4.69) is 16.9 Å². The second kappa shape index (κ2) is 9.52. The molecule has 1 aromatic heterocycles. The predicted octanol–water partition coefficient (Wildman–Crippen LogP) is 2.49. The van der Waals surface area contributed by atoms with Crippen molar-refractivity contribution in [1.29, 1.82) is 0 Å². The smallest absolute Gasteiger partial charge is 0.192 e. The molecule has 6 heteroatoms. The highest BCUT2D eigenvalue weighted by Gasteiger charge is 2.15. The molecule has 0 aliphatic carbocycles. The van der Waals surface area contributed by atoms with Gasteiger partial charge >= 0.3 is 0 Å². The Morgan fingerprint density at radius 2 is 2.24 bits per heavy atom. The van der Waals surface area contributed by atoms with Crippen LogP contribution in [0.5, 0.6) is 0 Å². The number of unbranched alkanes of at least 4 members (excludes halogenated alkanes) is 1. The summed E-state index contributed by atoms with van der Waals surface area (Å²) in [6.45, 7) is 2.78. The SMILES string of the molecule is CCCCOCC(=O)C(=CN(C)C)c1ccnc(SC)n1. The van der Waals surface area contributed by atoms with Gasteiger partial charge in [0.05, 0.1) is 11.3 Å². The van der Waals surface area contributed by atoms with Crippen LogP contribution in [0.15, 0.2) is 23.6 Å². The molecule has 0 amide bonds. The second-order valence-electron chi connectivity index (χ2n) is 4.76. The van der Waals surface area contributed by atoms with E-state index >= 15 is 0 Å². The Kier molecular flexibility index (Phi) is 8.00. The minimum absolute atomic E-state index is 0.0643. The van der Waals surface area contributed by atoms with Crippen molar-refractivity contribution in [1.82, 2.24) is 14.9 Å². The average molecular weight is 309 g/mol. The lowest BCUT2D eigenvalue weighted by atomic mass is 10.1. The summed E-state index contributed by atoms with van der Waals surface area (Å²) in [7, 11) is 3.75. The van der Waals surface area contributed by atoms with Crippen LogP contribution >= 0.6 is 11.8 Å². The fourth-order valence-electron chi connectivity index (χ4n) is 1.62. The molecule has 0 unspecified atom stereocenters. The Bertz CT molecular complexity index is 490. The van der Waals surface area contributed by atoms with Crippen molar-refractivity contribution in [3.05, 3.63) is 24.2 Å². The molecule has 0 saturated carbocycles. The van der Waals surface area contributed by atoms with Gasteiger partial charge in [-0.2, -0.15) is 0 Å². The van der Waals surface area contributed by atoms with E-state index in [-0.39, 0.29) is 12.4 Å². The summed E-state index contributed by atoms with van der Waals surface area (Å²) in [5.41, 5.74) is 1.18. The number of carbonyl (C=O) groups excluding carboxylic acids is 1. The molecule has 0 radical (unpaired) electrons. The highest BCUT2D eigenvalue weighted by atomic mass is 32.2. The fraction of sp³-hybridized carbons (Fsp3) is 0.533. The number of ketones is 1. The number of hydrogen-bond acceptors (Lipinski definition) is 6. The molecule has 116 valence electrons. The van der Waals surface area contributed by atoms with Gasteiger partial charge in [-0.1, -0.05) is 25.1 Å². The summed E-state index contributed by atoms with van der Waals surface area (Å²) in [5, 5.41) is 0.650. The first kappa shape index (κ1) is 17.7. The van der Waals surface area contributed by atoms with E-state index in [9.17, 15) is 4.79 Å². The monoisotopic (exact) mass is 309 g/mol. The Morgan fingerprint density at radius 1 is 1.48 bits per heavy atom. The number of Topliss-reactive ketones (excluding diaryl/α,β-unsaturated/α-hetero) is 1. The summed E-state index contributed by atoms with van der Waals surface area (Å²) in [5.74, 6) is -0.0643. The summed E-state index contributed by atoms with van der Waals surface area (Å²) in [6.07, 6.45) is 7.37. The molecule has 0 fully saturated rings. The van der Waals surface area contributed by atoms with Gasteiger partial charge in [-0.05, 0) is 18.7 Å². The zero-order valence-corrected chi connectivity index (χ0v) is 13.9. The number of nitrogens with zero attached hydrogens (tertiary/aromatic N) is 3. The average Bonchev–Trinajstić information content (AvgIpc) is 2.49. The van der Waals surface area contributed by atoms with Crippen LogP contribution in [0.2, 0.25) is 0 Å². The lowest BCUT2D eigenvalue weighted by Crippen LogP contribution is -2.15. The van der Waals surface area contributed by atoms with Gasteiger partial charge in [-0.15, -0.1) is 0 Å². The minimum Gasteiger partial charge on any atom is -0.383 e. The van der Waals surface area contributed by atoms with Crippen LogP contribution in [-0.2, 0) is 9.53 Å². The molecule has 5 nitrogen and oxygen atoms in total. The van der Waals surface area contributed by atoms with Crippen molar-refractivity contribution >= 4 is 23.1 Å². The van der Waals surface area contributed by atoms with E-state index in [0.717, 1.165) is 12.8 Å². The molecule has 0 saturated heterocycles. The van der Waals surface area contributed by atoms with Crippen LogP contribution in [-0.4, -0.2) is 54.2 Å². The Balaban J connectivity index is 2.87. The zero-order valence-electron chi connectivity index (χ0n) is 13.1. The highest BCUT2D eigenvalue weighted by Crippen LogP contribution is 2.17. The Morgan fingerprint density at radius 3 is 2.86 bits per heavy atom. The Hall–Kier alpha value is -1.40. The third kappa shape index (κ3) is 6.27. The molecule has 0 aliphatic rings. The van der Waals surface area contributed by atoms with E-state index in [0.29, 0.717) is 23.0 Å². The third-order valence-electron chi connectivity index (χ3n) is 2.66. The number of rotatable bonds is 9. The van der Waals surface area contributed by atoms with Crippen LogP contribution < -0.4 is 0 Å². The van der Waals surface area contributed by atoms with Crippen LogP contribution in [0.25, 0.3) is 5.57 Å². The van der Waals surface area contributed by atoms with Gasteiger partial charge in [0.2, 0.25) is 0 Å². The molecular weight excluding hydrogens is 286 g/mol. The number of carbonyl (C=O) groups is 1. The van der Waals surface area contributed by atoms with Crippen LogP contribution in [0.4, 0.5) is 0 Å². The molecule has 0 N–H and O–H groups in total. The van der Waals surface area contributed by atoms with Crippen molar-refractivity contribution in [2.24, 2.45) is 0 Å². The van der Waals surface area contributed by atoms with E-state index < -0.39 is 0 Å². The molecule has 0 aromatic carbocycles. The zero-order chi connectivity index (χ0) is 15.7. The molecular formula is C15H23N3O2S. The number of ether oxygens (including phenoxy) is 1. The number of aromatic nitrogens is 2. The van der Waals surface area contributed by atoms with Crippen molar-refractivity contribution in [2.75, 3.05) is 33.6 Å². The molecule has 1 heterocycles. The maximum atomic E-state index is 12.4. The topological polar surface area (TPSA) is 55.3 Å². The third-order valence-corrected chi connectivity index (χ3v) is 3.22. The molecule has 0 atom stereocenters. The second-order valence-corrected chi connectivity index (χ2v) is 5.54. The number of thioether (sulfide) groups is 1. The molecule has 21 heavy (non-hydrogen) atoms. The van der Waals surface area contributed by atoms with E-state index in [1.165, 1.54) is 11.8 Å². The molecule has 0 spiro atoms. The highest BCUT2D eigenvalue weighted by molar-refractivity contribution is 7.98. The van der Waals surface area contributed by atoms with Gasteiger partial charge in [0.25, 0.3) is 0 Å². The van der Waals surface area contributed by atoms with Crippen molar-refractivity contribution in [3.8, 4) is 0 Å². The maximum Gasteiger partial charge on any atom is 0.192 e. The van der Waals surface area contributed by atoms with Gasteiger partial charge < -0.3 is 9.64 Å². The van der Waals surface area contributed by atoms with Crippen molar-refractivity contribution in [3.63, 3.8) is 0 Å². The van der Waals surface area contributed by atoms with Gasteiger partial charge in [0.15, 0.2) is 10.9 Å². The van der Waals surface area contributed by atoms with Crippen LogP contribution in [0, 0.1) is 0 Å². The predicted molar refractivity (Wildman–Crippen MR) is 86.2 cm³/mol. The molecule has 1 aromatic rings. The molecule has 0 aliphatic heterocycles. The van der Waals surface area contributed by atoms with Gasteiger partial charge in [-0.25, -0.2) is 9.97 Å². The van der Waals surface area contributed by atoms with E-state index in [1.54, 1.807) is 18.5 Å². The van der Waals surface area contributed by atoms with Crippen molar-refractivity contribution in [2.45, 2.75) is 24.9 Å². The van der Waals surface area contributed by atoms with E-state index in [1.807, 2.05) is 25.3 Å². The summed E-state index contributed by atoms with van der Waals surface area (Å²) in [4.78, 5) is 22.7. The number of hydrogen-bond donors (Lipinski definition) is 0. The summed E-state index contributed by atoms with van der Waals surface area (Å²) in [6, 6.07) is 1.75. The van der Waals surface area contributed by atoms with Gasteiger partial charge in [0, 0.05) is 33.1 Å². The first-order valence-electron chi connectivity index (χ1n) is 6.95. The van der Waals surface area contributed by atoms with E-state index in [4.69, 9.17) is 4.74 Å². The normalized spacial score (nSPS) is 11.5. The lowest BCUT2D eigenvalue weighted by molar-refractivity contribution is -0.118. The van der Waals surface area contributed by atoms with Crippen molar-refractivity contribution < 1.29 is 9.53 Å². The van der Waals surface area contributed by atoms with Gasteiger partial charge in [0.1, 0.15) is 6.61 Å². The molecule has 1 rings (SSSR count). The fourth-order valence-corrected chi connectivity index (χ4v) is 1.97. The standard InChI is InChI=1S/C15H23N3O2S/c1-5-6-9-20-11-14(19)12(10-18(2)3)13-7-8-16-15(17-13)21-4/h7-8,10H,5-6,9,11H2,1-4H3.